The van der Waals surface area contributed by atoms with Gasteiger partial charge in [0.2, 0.25) is 0 Å². The van der Waals surface area contributed by atoms with Crippen LogP contribution in [0.1, 0.15) is 0 Å². The molecule has 7 heteroatoms. The predicted molar refractivity (Wildman–Crippen MR) is 76.5 cm³/mol. The van der Waals surface area contributed by atoms with Crippen LogP contribution in [0.2, 0.25) is 5.15 Å². The second kappa shape index (κ2) is 5.07. The smallest absolute Gasteiger partial charge is 0.175 e. The number of benzene rings is 1. The number of pyridine rings is 1. The number of hydrogen-bond acceptors (Lipinski definition) is 5. The van der Waals surface area contributed by atoms with Crippen LogP contribution in [0.5, 0.6) is 0 Å². The zero-order valence-corrected chi connectivity index (χ0v) is 11.7. The van der Waals surface area contributed by atoms with E-state index in [1.54, 1.807) is 24.3 Å². The normalized spacial score (nSPS) is 11.3. The summed E-state index contributed by atoms with van der Waals surface area (Å²) in [6.07, 6.45) is 1.16. The molecule has 1 aromatic heterocycles. The van der Waals surface area contributed by atoms with Crippen molar-refractivity contribution < 1.29 is 8.42 Å². The van der Waals surface area contributed by atoms with E-state index in [2.05, 4.69) is 10.3 Å². The Morgan fingerprint density at radius 3 is 2.37 bits per heavy atom. The molecule has 0 amide bonds. The summed E-state index contributed by atoms with van der Waals surface area (Å²) < 4.78 is 22.7. The summed E-state index contributed by atoms with van der Waals surface area (Å²) in [5.74, 6) is 0.430. The van der Waals surface area contributed by atoms with Crippen LogP contribution in [0.4, 0.5) is 17.2 Å². The van der Waals surface area contributed by atoms with Gasteiger partial charge in [-0.05, 0) is 36.4 Å². The number of anilines is 3. The third-order valence-electron chi connectivity index (χ3n) is 2.44. The van der Waals surface area contributed by atoms with Crippen LogP contribution in [0.25, 0.3) is 0 Å². The number of nitrogens with one attached hydrogen (secondary N) is 1. The lowest BCUT2D eigenvalue weighted by atomic mass is 10.3. The van der Waals surface area contributed by atoms with Crippen molar-refractivity contribution in [2.24, 2.45) is 0 Å². The quantitative estimate of drug-likeness (QED) is 0.850. The molecule has 0 aliphatic rings. The fourth-order valence-electron chi connectivity index (χ4n) is 1.47. The lowest BCUT2D eigenvalue weighted by Gasteiger charge is -2.09. The highest BCUT2D eigenvalue weighted by molar-refractivity contribution is 7.90. The van der Waals surface area contributed by atoms with Crippen molar-refractivity contribution in [2.75, 3.05) is 17.3 Å². The molecule has 1 aromatic carbocycles. The SMILES string of the molecule is CS(=O)(=O)c1ccc(Nc2nc(Cl)ccc2N)cc1. The fraction of sp³-hybridized carbons (Fsp3) is 0.0833. The number of sulfone groups is 1. The van der Waals surface area contributed by atoms with Gasteiger partial charge in [0.05, 0.1) is 10.6 Å². The summed E-state index contributed by atoms with van der Waals surface area (Å²) in [6.45, 7) is 0. The number of rotatable bonds is 3. The zero-order valence-electron chi connectivity index (χ0n) is 10.1. The maximum atomic E-state index is 11.3. The minimum atomic E-state index is -3.20. The Balaban J connectivity index is 2.27. The average molecular weight is 298 g/mol. The molecule has 5 nitrogen and oxygen atoms in total. The highest BCUT2D eigenvalue weighted by Crippen LogP contribution is 2.23. The molecule has 0 aliphatic heterocycles. The van der Waals surface area contributed by atoms with Crippen LogP contribution in [-0.4, -0.2) is 19.7 Å². The van der Waals surface area contributed by atoms with Crippen molar-refractivity contribution in [3.63, 3.8) is 0 Å². The number of aromatic nitrogens is 1. The van der Waals surface area contributed by atoms with E-state index >= 15 is 0 Å². The summed E-state index contributed by atoms with van der Waals surface area (Å²) in [6, 6.07) is 9.53. The van der Waals surface area contributed by atoms with E-state index in [4.69, 9.17) is 17.3 Å². The summed E-state index contributed by atoms with van der Waals surface area (Å²) in [5.41, 5.74) is 6.89. The monoisotopic (exact) mass is 297 g/mol. The Morgan fingerprint density at radius 2 is 1.79 bits per heavy atom. The van der Waals surface area contributed by atoms with Gasteiger partial charge in [0, 0.05) is 11.9 Å². The van der Waals surface area contributed by atoms with E-state index in [0.717, 1.165) is 6.26 Å². The molecule has 0 spiro atoms. The van der Waals surface area contributed by atoms with Crippen molar-refractivity contribution in [2.45, 2.75) is 4.90 Å². The van der Waals surface area contributed by atoms with E-state index in [9.17, 15) is 8.42 Å². The van der Waals surface area contributed by atoms with Gasteiger partial charge in [-0.1, -0.05) is 11.6 Å². The van der Waals surface area contributed by atoms with Crippen LogP contribution in [0, 0.1) is 0 Å². The molecule has 0 saturated heterocycles. The van der Waals surface area contributed by atoms with Gasteiger partial charge in [-0.3, -0.25) is 0 Å². The van der Waals surface area contributed by atoms with Gasteiger partial charge in [0.1, 0.15) is 5.15 Å². The largest absolute Gasteiger partial charge is 0.396 e. The Hall–Kier alpha value is -1.79. The molecule has 3 N–H and O–H groups in total. The van der Waals surface area contributed by atoms with Gasteiger partial charge in [-0.25, -0.2) is 13.4 Å². The predicted octanol–water partition coefficient (Wildman–Crippen LogP) is 2.46. The Kier molecular flexibility index (Phi) is 3.64. The van der Waals surface area contributed by atoms with Gasteiger partial charge in [-0.15, -0.1) is 0 Å². The Morgan fingerprint density at radius 1 is 1.16 bits per heavy atom. The molecule has 19 heavy (non-hydrogen) atoms. The first-order valence-electron chi connectivity index (χ1n) is 5.35. The van der Waals surface area contributed by atoms with Crippen molar-refractivity contribution >= 4 is 38.6 Å². The van der Waals surface area contributed by atoms with E-state index in [0.29, 0.717) is 22.3 Å². The summed E-state index contributed by atoms with van der Waals surface area (Å²) in [4.78, 5) is 4.30. The molecule has 2 rings (SSSR count). The van der Waals surface area contributed by atoms with E-state index in [1.807, 2.05) is 0 Å². The standard InChI is InChI=1S/C12H12ClN3O2S/c1-19(17,18)9-4-2-8(3-5-9)15-12-10(14)6-7-11(13)16-12/h2-7H,14H2,1H3,(H,15,16). The van der Waals surface area contributed by atoms with Crippen LogP contribution in [0.3, 0.4) is 0 Å². The summed E-state index contributed by atoms with van der Waals surface area (Å²) in [5, 5.41) is 3.30. The van der Waals surface area contributed by atoms with Crippen LogP contribution < -0.4 is 11.1 Å². The topological polar surface area (TPSA) is 85.1 Å². The lowest BCUT2D eigenvalue weighted by molar-refractivity contribution is 0.602. The maximum Gasteiger partial charge on any atom is 0.175 e. The number of nitrogen functional groups attached to an aromatic ring is 1. The first-order valence-corrected chi connectivity index (χ1v) is 7.62. The van der Waals surface area contributed by atoms with Crippen molar-refractivity contribution in [1.82, 2.24) is 4.98 Å². The van der Waals surface area contributed by atoms with Gasteiger partial charge in [0.15, 0.2) is 15.7 Å². The molecular formula is C12H12ClN3O2S. The Labute approximate surface area is 116 Å². The lowest BCUT2D eigenvalue weighted by Crippen LogP contribution is -2.00. The van der Waals surface area contributed by atoms with Crippen molar-refractivity contribution in [1.29, 1.82) is 0 Å². The number of nitrogens with two attached hydrogens (primary N) is 1. The van der Waals surface area contributed by atoms with Gasteiger partial charge in [0.25, 0.3) is 0 Å². The molecule has 2 aromatic rings. The number of hydrogen-bond donors (Lipinski definition) is 2. The molecule has 100 valence electrons. The van der Waals surface area contributed by atoms with Gasteiger partial charge >= 0.3 is 0 Å². The molecule has 0 bridgehead atoms. The second-order valence-electron chi connectivity index (χ2n) is 3.99. The first kappa shape index (κ1) is 13.6. The molecule has 0 radical (unpaired) electrons. The molecule has 1 heterocycles. The first-order chi connectivity index (χ1) is 8.86. The Bertz CT molecular complexity index is 699. The third kappa shape index (κ3) is 3.36. The van der Waals surface area contributed by atoms with Crippen LogP contribution in [0.15, 0.2) is 41.3 Å². The highest BCUT2D eigenvalue weighted by Gasteiger charge is 2.07. The minimum absolute atomic E-state index is 0.255. The maximum absolute atomic E-state index is 11.3. The van der Waals surface area contributed by atoms with E-state index in [1.165, 1.54) is 12.1 Å². The molecule has 0 aliphatic carbocycles. The molecule has 0 atom stereocenters. The van der Waals surface area contributed by atoms with Crippen molar-refractivity contribution in [3.8, 4) is 0 Å². The second-order valence-corrected chi connectivity index (χ2v) is 6.40. The van der Waals surface area contributed by atoms with Gasteiger partial charge in [-0.2, -0.15) is 0 Å². The molecule has 0 unspecified atom stereocenters. The highest BCUT2D eigenvalue weighted by atomic mass is 35.5. The number of halogens is 1. The molecular weight excluding hydrogens is 286 g/mol. The zero-order chi connectivity index (χ0) is 14.0. The third-order valence-corrected chi connectivity index (χ3v) is 3.78. The van der Waals surface area contributed by atoms with Crippen LogP contribution in [-0.2, 0) is 9.84 Å². The molecule has 0 fully saturated rings. The summed E-state index contributed by atoms with van der Waals surface area (Å²) in [7, 11) is -3.20. The van der Waals surface area contributed by atoms with E-state index < -0.39 is 9.84 Å². The van der Waals surface area contributed by atoms with Gasteiger partial charge < -0.3 is 11.1 Å². The average Bonchev–Trinajstić information content (AvgIpc) is 2.33. The van der Waals surface area contributed by atoms with Crippen LogP contribution >= 0.6 is 11.6 Å². The fourth-order valence-corrected chi connectivity index (χ4v) is 2.25. The minimum Gasteiger partial charge on any atom is -0.396 e. The van der Waals surface area contributed by atoms with Crippen molar-refractivity contribution in [3.05, 3.63) is 41.6 Å². The van der Waals surface area contributed by atoms with E-state index in [-0.39, 0.29) is 4.90 Å². The summed E-state index contributed by atoms with van der Waals surface area (Å²) >= 11 is 5.78. The molecule has 0 saturated carbocycles. The number of nitrogens with zero attached hydrogens (tertiary/aromatic N) is 1.